The van der Waals surface area contributed by atoms with Crippen LogP contribution in [0.25, 0.3) is 0 Å². The van der Waals surface area contributed by atoms with Gasteiger partial charge in [0, 0.05) is 12.3 Å². The van der Waals surface area contributed by atoms with Gasteiger partial charge in [0.05, 0.1) is 18.2 Å². The van der Waals surface area contributed by atoms with Crippen LogP contribution in [0.15, 0.2) is 18.2 Å². The van der Waals surface area contributed by atoms with Gasteiger partial charge in [-0.05, 0) is 24.6 Å². The van der Waals surface area contributed by atoms with Crippen LogP contribution in [0, 0.1) is 17.1 Å². The topological polar surface area (TPSA) is 45.0 Å². The number of nitriles is 1. The molecule has 1 aliphatic heterocycles. The number of hydrogen-bond donors (Lipinski definition) is 1. The number of benzene rings is 1. The molecule has 2 rings (SSSR count). The largest absolute Gasteiger partial charge is 0.380 e. The quantitative estimate of drug-likeness (QED) is 0.803. The Hall–Kier alpha value is -1.60. The number of nitrogens with zero attached hydrogens (tertiary/aromatic N) is 1. The van der Waals surface area contributed by atoms with Crippen molar-refractivity contribution in [3.8, 4) is 6.07 Å². The molecule has 0 aliphatic carbocycles. The van der Waals surface area contributed by atoms with E-state index in [0.717, 1.165) is 13.0 Å². The van der Waals surface area contributed by atoms with Gasteiger partial charge in [-0.2, -0.15) is 5.26 Å². The molecule has 1 aromatic carbocycles. The first-order valence-corrected chi connectivity index (χ1v) is 4.83. The first-order valence-electron chi connectivity index (χ1n) is 4.83. The van der Waals surface area contributed by atoms with Gasteiger partial charge < -0.3 is 10.1 Å². The van der Waals surface area contributed by atoms with E-state index in [0.29, 0.717) is 12.3 Å². The van der Waals surface area contributed by atoms with E-state index in [1.165, 1.54) is 12.1 Å². The lowest BCUT2D eigenvalue weighted by atomic mass is 10.2. The molecule has 1 aromatic rings. The van der Waals surface area contributed by atoms with Gasteiger partial charge in [0.25, 0.3) is 0 Å². The molecule has 1 heterocycles. The lowest BCUT2D eigenvalue weighted by molar-refractivity contribution is 0.195. The van der Waals surface area contributed by atoms with Gasteiger partial charge in [0.1, 0.15) is 11.9 Å². The maximum atomic E-state index is 13.2. The Kier molecular flexibility index (Phi) is 2.84. The van der Waals surface area contributed by atoms with Crippen molar-refractivity contribution >= 4 is 5.69 Å². The van der Waals surface area contributed by atoms with Crippen LogP contribution in [0.1, 0.15) is 12.0 Å². The van der Waals surface area contributed by atoms with Crippen molar-refractivity contribution in [2.24, 2.45) is 0 Å². The fourth-order valence-electron chi connectivity index (χ4n) is 1.58. The van der Waals surface area contributed by atoms with Crippen LogP contribution < -0.4 is 5.32 Å². The van der Waals surface area contributed by atoms with Crippen molar-refractivity contribution in [2.45, 2.75) is 12.5 Å². The van der Waals surface area contributed by atoms with Gasteiger partial charge in [-0.3, -0.25) is 0 Å². The fourth-order valence-corrected chi connectivity index (χ4v) is 1.58. The molecule has 1 saturated heterocycles. The molecule has 0 saturated carbocycles. The highest BCUT2D eigenvalue weighted by Gasteiger charge is 2.15. The summed E-state index contributed by atoms with van der Waals surface area (Å²) in [6.45, 7) is 1.40. The van der Waals surface area contributed by atoms with Crippen LogP contribution in [-0.4, -0.2) is 19.3 Å². The summed E-state index contributed by atoms with van der Waals surface area (Å²) in [6.07, 6.45) is 0.932. The molecule has 1 atom stereocenters. The zero-order valence-electron chi connectivity index (χ0n) is 8.16. The van der Waals surface area contributed by atoms with E-state index < -0.39 is 5.82 Å². The molecule has 78 valence electrons. The highest BCUT2D eigenvalue weighted by Crippen LogP contribution is 2.17. The summed E-state index contributed by atoms with van der Waals surface area (Å²) >= 11 is 0. The van der Waals surface area contributed by atoms with Crippen molar-refractivity contribution in [1.29, 1.82) is 5.26 Å². The van der Waals surface area contributed by atoms with Crippen LogP contribution in [0.5, 0.6) is 0 Å². The Morgan fingerprint density at radius 2 is 2.40 bits per heavy atom. The van der Waals surface area contributed by atoms with Crippen LogP contribution >= 0.6 is 0 Å². The van der Waals surface area contributed by atoms with Crippen molar-refractivity contribution in [2.75, 3.05) is 18.5 Å². The highest BCUT2D eigenvalue weighted by molar-refractivity contribution is 5.48. The molecular formula is C11H11FN2O. The predicted octanol–water partition coefficient (Wildman–Crippen LogP) is 1.90. The zero-order chi connectivity index (χ0) is 10.7. The summed E-state index contributed by atoms with van der Waals surface area (Å²) in [7, 11) is 0. The lowest BCUT2D eigenvalue weighted by Crippen LogP contribution is -2.18. The Morgan fingerprint density at radius 3 is 3.00 bits per heavy atom. The Bertz CT molecular complexity index is 394. The monoisotopic (exact) mass is 206 g/mol. The number of nitrogens with one attached hydrogen (secondary N) is 1. The summed E-state index contributed by atoms with van der Waals surface area (Å²) in [4.78, 5) is 0. The molecule has 0 bridgehead atoms. The second-order valence-electron chi connectivity index (χ2n) is 3.51. The maximum Gasteiger partial charge on any atom is 0.143 e. The van der Waals surface area contributed by atoms with Crippen LogP contribution in [0.4, 0.5) is 10.1 Å². The molecule has 1 aliphatic rings. The summed E-state index contributed by atoms with van der Waals surface area (Å²) in [5.41, 5.74) is 0.769. The van der Waals surface area contributed by atoms with Crippen molar-refractivity contribution in [3.63, 3.8) is 0 Å². The molecule has 3 nitrogen and oxygen atoms in total. The van der Waals surface area contributed by atoms with Crippen LogP contribution in [0.3, 0.4) is 0 Å². The molecule has 0 aromatic heterocycles. The van der Waals surface area contributed by atoms with E-state index in [9.17, 15) is 4.39 Å². The van der Waals surface area contributed by atoms with E-state index in [4.69, 9.17) is 10.00 Å². The smallest absolute Gasteiger partial charge is 0.143 e. The number of halogens is 1. The number of anilines is 1. The van der Waals surface area contributed by atoms with Gasteiger partial charge in [0.2, 0.25) is 0 Å². The fraction of sp³-hybridized carbons (Fsp3) is 0.364. The third-order valence-corrected chi connectivity index (χ3v) is 2.39. The predicted molar refractivity (Wildman–Crippen MR) is 54.0 cm³/mol. The minimum absolute atomic E-state index is 0.0724. The number of rotatable bonds is 2. The molecule has 1 fully saturated rings. The van der Waals surface area contributed by atoms with Crippen molar-refractivity contribution < 1.29 is 9.13 Å². The molecule has 15 heavy (non-hydrogen) atoms. The number of ether oxygens (including phenoxy) is 1. The minimum Gasteiger partial charge on any atom is -0.380 e. The second kappa shape index (κ2) is 4.28. The van der Waals surface area contributed by atoms with Gasteiger partial charge in [0.15, 0.2) is 0 Å². The standard InChI is InChI=1S/C11H11FN2O/c12-11-5-9(2-1-8(11)6-13)14-10-3-4-15-7-10/h1-2,5,10,14H,3-4,7H2. The Balaban J connectivity index is 2.09. The van der Waals surface area contributed by atoms with E-state index in [2.05, 4.69) is 5.32 Å². The minimum atomic E-state index is -0.485. The Morgan fingerprint density at radius 1 is 1.53 bits per heavy atom. The van der Waals surface area contributed by atoms with Gasteiger partial charge in [-0.1, -0.05) is 0 Å². The van der Waals surface area contributed by atoms with Crippen molar-refractivity contribution in [1.82, 2.24) is 0 Å². The van der Waals surface area contributed by atoms with E-state index in [1.54, 1.807) is 12.1 Å². The normalized spacial score (nSPS) is 19.9. The maximum absolute atomic E-state index is 13.2. The Labute approximate surface area is 87.5 Å². The average molecular weight is 206 g/mol. The van der Waals surface area contributed by atoms with Crippen LogP contribution in [0.2, 0.25) is 0 Å². The first-order chi connectivity index (χ1) is 7.29. The molecule has 1 N–H and O–H groups in total. The van der Waals surface area contributed by atoms with E-state index in [-0.39, 0.29) is 11.6 Å². The molecule has 0 radical (unpaired) electrons. The summed E-state index contributed by atoms with van der Waals surface area (Å²) in [5.74, 6) is -0.485. The average Bonchev–Trinajstić information content (AvgIpc) is 2.71. The van der Waals surface area contributed by atoms with Gasteiger partial charge in [-0.15, -0.1) is 0 Å². The number of hydrogen-bond acceptors (Lipinski definition) is 3. The third kappa shape index (κ3) is 2.25. The molecule has 1 unspecified atom stereocenters. The molecule has 0 amide bonds. The summed E-state index contributed by atoms with van der Waals surface area (Å²) in [6, 6.07) is 6.57. The van der Waals surface area contributed by atoms with E-state index >= 15 is 0 Å². The molecule has 0 spiro atoms. The first kappa shape index (κ1) is 9.94. The molecule has 4 heteroatoms. The molecular weight excluding hydrogens is 195 g/mol. The highest BCUT2D eigenvalue weighted by atomic mass is 19.1. The third-order valence-electron chi connectivity index (χ3n) is 2.39. The summed E-state index contributed by atoms with van der Waals surface area (Å²) in [5, 5.41) is 11.7. The SMILES string of the molecule is N#Cc1ccc(NC2CCOC2)cc1F. The van der Waals surface area contributed by atoms with Gasteiger partial charge in [-0.25, -0.2) is 4.39 Å². The second-order valence-corrected chi connectivity index (χ2v) is 3.51. The van der Waals surface area contributed by atoms with Crippen LogP contribution in [-0.2, 0) is 4.74 Å². The van der Waals surface area contributed by atoms with E-state index in [1.807, 2.05) is 0 Å². The lowest BCUT2D eigenvalue weighted by Gasteiger charge is -2.12. The summed E-state index contributed by atoms with van der Waals surface area (Å²) < 4.78 is 18.4. The van der Waals surface area contributed by atoms with Crippen molar-refractivity contribution in [3.05, 3.63) is 29.6 Å². The zero-order valence-corrected chi connectivity index (χ0v) is 8.16. The van der Waals surface area contributed by atoms with Gasteiger partial charge >= 0.3 is 0 Å².